The number of amides is 1. The predicted octanol–water partition coefficient (Wildman–Crippen LogP) is 2.96. The molecule has 0 spiro atoms. The largest absolute Gasteiger partial charge is 0.492 e. The minimum atomic E-state index is 0.0954. The summed E-state index contributed by atoms with van der Waals surface area (Å²) < 4.78 is 13.6. The van der Waals surface area contributed by atoms with Crippen LogP contribution >= 0.6 is 0 Å². The van der Waals surface area contributed by atoms with Crippen molar-refractivity contribution in [1.29, 1.82) is 0 Å². The molecule has 4 bridgehead atoms. The molecule has 0 N–H and O–H groups in total. The molecular weight excluding hydrogens is 392 g/mol. The van der Waals surface area contributed by atoms with Gasteiger partial charge in [-0.15, -0.1) is 0 Å². The molecule has 2 aliphatic heterocycles. The van der Waals surface area contributed by atoms with E-state index in [2.05, 4.69) is 16.2 Å². The second-order valence-corrected chi connectivity index (χ2v) is 8.74. The lowest BCUT2D eigenvalue weighted by molar-refractivity contribution is -0.00676. The molecule has 0 unspecified atom stereocenters. The van der Waals surface area contributed by atoms with Crippen molar-refractivity contribution in [2.24, 2.45) is 13.0 Å². The van der Waals surface area contributed by atoms with Gasteiger partial charge in [0.05, 0.1) is 12.3 Å². The van der Waals surface area contributed by atoms with E-state index in [1.807, 2.05) is 47.1 Å². The minimum absolute atomic E-state index is 0.0954. The summed E-state index contributed by atoms with van der Waals surface area (Å²) in [6, 6.07) is 7.61. The van der Waals surface area contributed by atoms with Gasteiger partial charge in [0.2, 0.25) is 0 Å². The van der Waals surface area contributed by atoms with Gasteiger partial charge in [0, 0.05) is 63.6 Å². The number of nitrogens with zero attached hydrogens (tertiary/aromatic N) is 4. The predicted molar refractivity (Wildman–Crippen MR) is 119 cm³/mol. The Kier molecular flexibility index (Phi) is 7.25. The topological polar surface area (TPSA) is 59.8 Å². The normalized spacial score (nSPS) is 23.7. The molecule has 2 atom stereocenters. The highest BCUT2D eigenvalue weighted by Gasteiger charge is 2.31. The lowest BCUT2D eigenvalue weighted by Crippen LogP contribution is -2.46. The van der Waals surface area contributed by atoms with E-state index in [0.29, 0.717) is 18.1 Å². The molecule has 7 nitrogen and oxygen atoms in total. The lowest BCUT2D eigenvalue weighted by atomic mass is 9.89. The average molecular weight is 427 g/mol. The second-order valence-electron chi connectivity index (χ2n) is 8.74. The van der Waals surface area contributed by atoms with Gasteiger partial charge in [-0.25, -0.2) is 0 Å². The third-order valence-electron chi connectivity index (χ3n) is 6.48. The number of methoxy groups -OCH3 is 1. The van der Waals surface area contributed by atoms with Gasteiger partial charge in [0.15, 0.2) is 0 Å². The highest BCUT2D eigenvalue weighted by atomic mass is 16.5. The fourth-order valence-electron chi connectivity index (χ4n) is 4.80. The van der Waals surface area contributed by atoms with Crippen LogP contribution in [0, 0.1) is 5.92 Å². The molecule has 1 aromatic carbocycles. The van der Waals surface area contributed by atoms with Gasteiger partial charge in [0.25, 0.3) is 5.91 Å². The van der Waals surface area contributed by atoms with Gasteiger partial charge >= 0.3 is 0 Å². The van der Waals surface area contributed by atoms with E-state index in [4.69, 9.17) is 9.47 Å². The molecule has 1 amide bonds. The molecule has 1 aromatic heterocycles. The van der Waals surface area contributed by atoms with E-state index >= 15 is 0 Å². The molecule has 4 rings (SSSR count). The number of ether oxygens (including phenoxy) is 2. The van der Waals surface area contributed by atoms with Crippen molar-refractivity contribution < 1.29 is 14.3 Å². The van der Waals surface area contributed by atoms with Crippen molar-refractivity contribution in [1.82, 2.24) is 19.6 Å². The van der Waals surface area contributed by atoms with Crippen molar-refractivity contribution in [3.8, 4) is 5.75 Å². The van der Waals surface area contributed by atoms with Gasteiger partial charge in [-0.05, 0) is 44.0 Å². The van der Waals surface area contributed by atoms with Crippen LogP contribution in [0.1, 0.15) is 41.6 Å². The van der Waals surface area contributed by atoms with E-state index in [1.165, 1.54) is 5.56 Å². The quantitative estimate of drug-likeness (QED) is 0.755. The maximum absolute atomic E-state index is 13.1. The summed E-state index contributed by atoms with van der Waals surface area (Å²) in [6.07, 6.45) is 8.48. The Balaban J connectivity index is 1.50. The first-order valence-corrected chi connectivity index (χ1v) is 11.4. The monoisotopic (exact) mass is 426 g/mol. The van der Waals surface area contributed by atoms with Gasteiger partial charge < -0.3 is 14.4 Å². The fourth-order valence-corrected chi connectivity index (χ4v) is 4.80. The Morgan fingerprint density at radius 1 is 1.19 bits per heavy atom. The van der Waals surface area contributed by atoms with Crippen LogP contribution in [0.25, 0.3) is 0 Å². The summed E-state index contributed by atoms with van der Waals surface area (Å²) in [5, 5.41) is 4.30. The van der Waals surface area contributed by atoms with E-state index in [9.17, 15) is 4.79 Å². The molecule has 0 radical (unpaired) electrons. The van der Waals surface area contributed by atoms with Crippen LogP contribution in [-0.4, -0.2) is 71.5 Å². The Labute approximate surface area is 184 Å². The molecular formula is C24H34N4O3. The number of aromatic nitrogens is 2. The number of benzene rings is 1. The number of carbonyl (C=O) groups is 1. The molecule has 1 fully saturated rings. The Hall–Kier alpha value is -2.38. The molecule has 31 heavy (non-hydrogen) atoms. The summed E-state index contributed by atoms with van der Waals surface area (Å²) in [4.78, 5) is 17.6. The molecule has 2 aliphatic rings. The first-order chi connectivity index (χ1) is 15.1. The third kappa shape index (κ3) is 5.66. The number of rotatable bonds is 3. The summed E-state index contributed by atoms with van der Waals surface area (Å²) in [6.45, 7) is 4.83. The average Bonchev–Trinajstić information content (AvgIpc) is 3.20. The van der Waals surface area contributed by atoms with Crippen molar-refractivity contribution in [2.75, 3.05) is 39.9 Å². The number of hydrogen-bond acceptors (Lipinski definition) is 5. The standard InChI is InChI=1S/C24H34N4O3/c1-26-16-19(15-25-26)17-27-10-4-3-6-21-18-28(11-9-23(21)30-2)24(29)20-7-5-8-22(14-20)31-13-12-27/h5,7-8,14-16,21,23H,3-4,6,9-13,17-18H2,1-2H3/t21-,23+/m0/s1. The maximum Gasteiger partial charge on any atom is 0.254 e. The van der Waals surface area contributed by atoms with E-state index in [1.54, 1.807) is 7.11 Å². The third-order valence-corrected chi connectivity index (χ3v) is 6.48. The molecule has 0 saturated carbocycles. The van der Waals surface area contributed by atoms with Crippen molar-refractivity contribution >= 4 is 5.91 Å². The first-order valence-electron chi connectivity index (χ1n) is 11.4. The van der Waals surface area contributed by atoms with Crippen LogP contribution in [0.4, 0.5) is 0 Å². The van der Waals surface area contributed by atoms with Crippen LogP contribution in [0.2, 0.25) is 0 Å². The number of piperidine rings is 1. The zero-order valence-electron chi connectivity index (χ0n) is 18.7. The number of hydrogen-bond donors (Lipinski definition) is 0. The van der Waals surface area contributed by atoms with Crippen molar-refractivity contribution in [3.63, 3.8) is 0 Å². The van der Waals surface area contributed by atoms with Gasteiger partial charge in [-0.1, -0.05) is 12.5 Å². The number of fused-ring (bicyclic) bond motifs is 4. The Morgan fingerprint density at radius 3 is 2.90 bits per heavy atom. The zero-order chi connectivity index (χ0) is 21.6. The van der Waals surface area contributed by atoms with Crippen molar-refractivity contribution in [3.05, 3.63) is 47.8 Å². The molecule has 2 aromatic rings. The van der Waals surface area contributed by atoms with E-state index in [0.717, 1.165) is 64.2 Å². The zero-order valence-corrected chi connectivity index (χ0v) is 18.7. The van der Waals surface area contributed by atoms with E-state index < -0.39 is 0 Å². The second kappa shape index (κ2) is 10.3. The van der Waals surface area contributed by atoms with Gasteiger partial charge in [-0.2, -0.15) is 5.10 Å². The van der Waals surface area contributed by atoms with Crippen molar-refractivity contribution in [2.45, 2.75) is 38.3 Å². The number of aryl methyl sites for hydroxylation is 1. The Bertz CT molecular complexity index is 868. The van der Waals surface area contributed by atoms with Crippen LogP contribution in [0.3, 0.4) is 0 Å². The van der Waals surface area contributed by atoms with Crippen LogP contribution in [0.5, 0.6) is 5.75 Å². The summed E-state index contributed by atoms with van der Waals surface area (Å²) in [5.74, 6) is 1.24. The fraction of sp³-hybridized carbons (Fsp3) is 0.583. The smallest absolute Gasteiger partial charge is 0.254 e. The molecule has 7 heteroatoms. The van der Waals surface area contributed by atoms with Crippen LogP contribution in [-0.2, 0) is 18.3 Å². The Morgan fingerprint density at radius 2 is 2.10 bits per heavy atom. The lowest BCUT2D eigenvalue weighted by Gasteiger charge is -2.38. The molecule has 1 saturated heterocycles. The number of carbonyl (C=O) groups excluding carboxylic acids is 1. The highest BCUT2D eigenvalue weighted by Crippen LogP contribution is 2.27. The summed E-state index contributed by atoms with van der Waals surface area (Å²) in [7, 11) is 3.75. The maximum atomic E-state index is 13.1. The van der Waals surface area contributed by atoms with Crippen LogP contribution in [0.15, 0.2) is 36.7 Å². The highest BCUT2D eigenvalue weighted by molar-refractivity contribution is 5.94. The van der Waals surface area contributed by atoms with Gasteiger partial charge in [0.1, 0.15) is 12.4 Å². The first kappa shape index (κ1) is 21.8. The minimum Gasteiger partial charge on any atom is -0.492 e. The molecule has 3 heterocycles. The SMILES string of the molecule is CO[C@@H]1CCN2C[C@@H]1CCCCN(Cc1cnn(C)c1)CCOc1cccc(c1)C2=O. The van der Waals surface area contributed by atoms with E-state index in [-0.39, 0.29) is 12.0 Å². The summed E-state index contributed by atoms with van der Waals surface area (Å²) in [5.41, 5.74) is 1.92. The van der Waals surface area contributed by atoms with Crippen LogP contribution < -0.4 is 4.74 Å². The molecule has 0 aliphatic carbocycles. The summed E-state index contributed by atoms with van der Waals surface area (Å²) >= 11 is 0. The van der Waals surface area contributed by atoms with Gasteiger partial charge in [-0.3, -0.25) is 14.4 Å². The molecule has 168 valence electrons.